The normalized spacial score (nSPS) is 29.3. The van der Waals surface area contributed by atoms with Crippen LogP contribution in [0.1, 0.15) is 70.9 Å². The highest BCUT2D eigenvalue weighted by Gasteiger charge is 2.67. The number of aromatic amines is 1. The topological polar surface area (TPSA) is 116 Å². The molecule has 0 saturated carbocycles. The number of H-pyrrole nitrogens is 1. The van der Waals surface area contributed by atoms with Crippen LogP contribution < -0.4 is 10.1 Å². The monoisotopic (exact) mass is 485 g/mol. The summed E-state index contributed by atoms with van der Waals surface area (Å²) in [6, 6.07) is 6.26. The molecule has 5 rings (SSSR count). The first-order chi connectivity index (χ1) is 16.2. The molecule has 10 nitrogen and oxygen atoms in total. The lowest BCUT2D eigenvalue weighted by atomic mass is 9.93. The third-order valence-corrected chi connectivity index (χ3v) is 8.40. The van der Waals surface area contributed by atoms with E-state index in [2.05, 4.69) is 46.7 Å². The molecule has 1 aromatic carbocycles. The van der Waals surface area contributed by atoms with Gasteiger partial charge in [-0.3, -0.25) is 14.9 Å². The number of nitrogens with one attached hydrogen (secondary N) is 2. The van der Waals surface area contributed by atoms with Crippen molar-refractivity contribution in [1.29, 1.82) is 0 Å². The molecule has 0 radical (unpaired) electrons. The largest absolute Gasteiger partial charge is 0.494 e. The van der Waals surface area contributed by atoms with Crippen LogP contribution >= 0.6 is 11.8 Å². The summed E-state index contributed by atoms with van der Waals surface area (Å²) in [5, 5.41) is 17.7. The van der Waals surface area contributed by atoms with Gasteiger partial charge in [-0.15, -0.1) is 22.0 Å². The van der Waals surface area contributed by atoms with Crippen molar-refractivity contribution in [3.63, 3.8) is 0 Å². The molecule has 34 heavy (non-hydrogen) atoms. The number of β-lactam (4-membered cyclic amide) rings is 1. The molecule has 2 amide bonds. The van der Waals surface area contributed by atoms with E-state index in [-0.39, 0.29) is 28.0 Å². The van der Waals surface area contributed by atoms with Gasteiger partial charge in [-0.1, -0.05) is 30.7 Å². The molecular weight excluding hydrogens is 454 g/mol. The Labute approximate surface area is 203 Å². The number of carbonyl (C=O) groups excluding carboxylic acids is 2. The van der Waals surface area contributed by atoms with Crippen LogP contribution in [0.4, 0.5) is 0 Å². The predicted molar refractivity (Wildman–Crippen MR) is 127 cm³/mol. The number of tetrazole rings is 1. The van der Waals surface area contributed by atoms with Crippen LogP contribution in [0.5, 0.6) is 5.75 Å². The first-order valence-electron chi connectivity index (χ1n) is 11.7. The van der Waals surface area contributed by atoms with Crippen molar-refractivity contribution in [2.45, 2.75) is 81.4 Å². The highest BCUT2D eigenvalue weighted by Crippen LogP contribution is 2.58. The van der Waals surface area contributed by atoms with Crippen LogP contribution in [-0.4, -0.2) is 70.7 Å². The van der Waals surface area contributed by atoms with Crippen molar-refractivity contribution >= 4 is 23.6 Å². The fourth-order valence-electron chi connectivity index (χ4n) is 5.26. The second-order valence-electron chi connectivity index (χ2n) is 10.1. The lowest BCUT2D eigenvalue weighted by molar-refractivity contribution is -0.165. The van der Waals surface area contributed by atoms with Crippen LogP contribution in [0.3, 0.4) is 0 Å². The van der Waals surface area contributed by atoms with Crippen LogP contribution in [0, 0.1) is 0 Å². The zero-order valence-electron chi connectivity index (χ0n) is 20.1. The number of amides is 2. The molecule has 3 unspecified atom stereocenters. The molecule has 11 heteroatoms. The minimum Gasteiger partial charge on any atom is -0.494 e. The van der Waals surface area contributed by atoms with Crippen LogP contribution in [-0.2, 0) is 9.59 Å². The third-order valence-electron chi connectivity index (χ3n) is 6.84. The van der Waals surface area contributed by atoms with Crippen LogP contribution in [0.2, 0.25) is 0 Å². The summed E-state index contributed by atoms with van der Waals surface area (Å²) in [4.78, 5) is 30.8. The number of aromatic nitrogens is 4. The van der Waals surface area contributed by atoms with Crippen molar-refractivity contribution in [3.8, 4) is 5.75 Å². The summed E-state index contributed by atoms with van der Waals surface area (Å²) >= 11 is 1.68. The lowest BCUT2D eigenvalue weighted by Gasteiger charge is -2.50. The maximum absolute atomic E-state index is 13.7. The summed E-state index contributed by atoms with van der Waals surface area (Å²) in [7, 11) is 0. The molecule has 3 aliphatic heterocycles. The Kier molecular flexibility index (Phi) is 5.59. The summed E-state index contributed by atoms with van der Waals surface area (Å²) < 4.78 is 5.53. The molecule has 1 aromatic heterocycles. The first kappa shape index (κ1) is 23.1. The molecule has 4 atom stereocenters. The number of ether oxygens (including phenoxy) is 1. The Morgan fingerprint density at radius 1 is 1.18 bits per heavy atom. The number of benzene rings is 1. The van der Waals surface area contributed by atoms with E-state index < -0.39 is 17.7 Å². The predicted octanol–water partition coefficient (Wildman–Crippen LogP) is 2.39. The minimum atomic E-state index is -0.692. The highest BCUT2D eigenvalue weighted by atomic mass is 32.2. The van der Waals surface area contributed by atoms with E-state index in [4.69, 9.17) is 4.74 Å². The van der Waals surface area contributed by atoms with Crippen molar-refractivity contribution < 1.29 is 14.3 Å². The van der Waals surface area contributed by atoms with Gasteiger partial charge in [0.15, 0.2) is 5.82 Å². The Hall–Kier alpha value is -2.66. The van der Waals surface area contributed by atoms with E-state index in [0.717, 1.165) is 24.2 Å². The molecule has 0 spiro atoms. The number of unbranched alkanes of at least 4 members (excludes halogenated alkanes) is 1. The Balaban J connectivity index is 1.39. The van der Waals surface area contributed by atoms with Crippen molar-refractivity contribution in [2.75, 3.05) is 6.61 Å². The number of carbonyl (C=O) groups is 2. The Morgan fingerprint density at radius 2 is 1.97 bits per heavy atom. The molecule has 182 valence electrons. The average molecular weight is 486 g/mol. The molecule has 3 fully saturated rings. The van der Waals surface area contributed by atoms with Gasteiger partial charge in [-0.2, -0.15) is 5.21 Å². The maximum atomic E-state index is 13.7. The third kappa shape index (κ3) is 3.56. The van der Waals surface area contributed by atoms with Gasteiger partial charge in [0.25, 0.3) is 0 Å². The van der Waals surface area contributed by atoms with Gasteiger partial charge in [0.05, 0.1) is 12.3 Å². The molecule has 0 bridgehead atoms. The number of nitrogens with zero attached hydrogens (tertiary/aromatic N) is 5. The number of thioether (sulfide) groups is 1. The molecule has 2 aromatic rings. The van der Waals surface area contributed by atoms with E-state index in [1.165, 1.54) is 0 Å². The molecule has 0 aliphatic carbocycles. The van der Waals surface area contributed by atoms with Crippen LogP contribution in [0.15, 0.2) is 24.3 Å². The summed E-state index contributed by atoms with van der Waals surface area (Å²) in [5.74, 6) is 1.06. The maximum Gasteiger partial charge on any atom is 0.250 e. The molecular formula is C23H31N7O3S. The van der Waals surface area contributed by atoms with Crippen molar-refractivity contribution in [3.05, 3.63) is 35.7 Å². The van der Waals surface area contributed by atoms with Gasteiger partial charge in [0, 0.05) is 4.75 Å². The van der Waals surface area contributed by atoms with Gasteiger partial charge >= 0.3 is 0 Å². The van der Waals surface area contributed by atoms with Crippen molar-refractivity contribution in [1.82, 2.24) is 35.7 Å². The van der Waals surface area contributed by atoms with Gasteiger partial charge in [0.2, 0.25) is 11.8 Å². The van der Waals surface area contributed by atoms with E-state index in [1.54, 1.807) is 21.6 Å². The quantitative estimate of drug-likeness (QED) is 0.454. The van der Waals surface area contributed by atoms with Gasteiger partial charge in [-0.25, -0.2) is 0 Å². The number of hydrogen-bond acceptors (Lipinski definition) is 8. The van der Waals surface area contributed by atoms with Gasteiger partial charge in [-0.05, 0) is 51.8 Å². The van der Waals surface area contributed by atoms with Crippen LogP contribution in [0.25, 0.3) is 0 Å². The Morgan fingerprint density at radius 3 is 2.68 bits per heavy atom. The Bertz CT molecular complexity index is 1090. The molecule has 4 heterocycles. The SMILES string of the molecule is CCCCOc1cccc(C2NC(C)(C)N(C3C(=O)N4C(c5nn[nH]n5)C(C)(C)S[C@@H]34)C2=O)c1. The fourth-order valence-corrected chi connectivity index (χ4v) is 6.94. The van der Waals surface area contributed by atoms with E-state index in [1.807, 2.05) is 38.1 Å². The number of rotatable bonds is 7. The zero-order chi connectivity index (χ0) is 24.3. The number of hydrogen-bond donors (Lipinski definition) is 2. The smallest absolute Gasteiger partial charge is 0.250 e. The average Bonchev–Trinajstić information content (AvgIpc) is 3.45. The van der Waals surface area contributed by atoms with E-state index >= 15 is 0 Å². The highest BCUT2D eigenvalue weighted by molar-refractivity contribution is 8.01. The van der Waals surface area contributed by atoms with Gasteiger partial charge in [0.1, 0.15) is 29.2 Å². The van der Waals surface area contributed by atoms with E-state index in [9.17, 15) is 9.59 Å². The summed E-state index contributed by atoms with van der Waals surface area (Å²) in [6.45, 7) is 10.8. The second-order valence-corrected chi connectivity index (χ2v) is 11.9. The first-order valence-corrected chi connectivity index (χ1v) is 12.6. The van der Waals surface area contributed by atoms with E-state index in [0.29, 0.717) is 12.4 Å². The van der Waals surface area contributed by atoms with Gasteiger partial charge < -0.3 is 14.5 Å². The standard InChI is InChI=1S/C23H31N7O3S/c1-6-7-11-33-14-10-8-9-13(12-14)15-19(31)30(23(4,5)24-15)16-20(32)29-17(18-25-27-28-26-18)22(2,3)34-21(16)29/h8-10,12,15-17,21,24H,6-7,11H2,1-5H3,(H,25,26,27,28)/t15?,16?,17?,21-/m0/s1. The minimum absolute atomic E-state index is 0.0848. The van der Waals surface area contributed by atoms with Crippen molar-refractivity contribution in [2.24, 2.45) is 0 Å². The summed E-state index contributed by atoms with van der Waals surface area (Å²) in [5.41, 5.74) is 0.143. The second kappa shape index (κ2) is 8.23. The molecule has 3 aliphatic rings. The number of fused-ring (bicyclic) bond motifs is 1. The fraction of sp³-hybridized carbons (Fsp3) is 0.609. The molecule has 3 saturated heterocycles. The summed E-state index contributed by atoms with van der Waals surface area (Å²) in [6.07, 6.45) is 2.04. The lowest BCUT2D eigenvalue weighted by Crippen LogP contribution is -2.71. The molecule has 2 N–H and O–H groups in total. The zero-order valence-corrected chi connectivity index (χ0v) is 20.9.